The summed E-state index contributed by atoms with van der Waals surface area (Å²) in [5.74, 6) is -2.26. The molecule has 0 spiro atoms. The van der Waals surface area contributed by atoms with Gasteiger partial charge in [-0.3, -0.25) is 10.1 Å². The zero-order chi connectivity index (χ0) is 12.8. The minimum atomic E-state index is -3.67. The number of hydrogen-bond donors (Lipinski definition) is 2. The van der Waals surface area contributed by atoms with Crippen LogP contribution in [0.1, 0.15) is 6.42 Å². The van der Waals surface area contributed by atoms with E-state index >= 15 is 0 Å². The first-order valence-electron chi connectivity index (χ1n) is 5.12. The molecule has 2 saturated heterocycles. The van der Waals surface area contributed by atoms with Gasteiger partial charge in [0.2, 0.25) is 0 Å². The molecule has 2 aliphatic rings. The van der Waals surface area contributed by atoms with E-state index in [9.17, 15) is 21.6 Å². The van der Waals surface area contributed by atoms with Crippen molar-refractivity contribution in [2.24, 2.45) is 0 Å². The van der Waals surface area contributed by atoms with Crippen LogP contribution in [-0.2, 0) is 24.5 Å². The minimum absolute atomic E-state index is 0.0942. The SMILES string of the molecule is O=C(O)C1CS(=O)(=O)C2CS(=O)(=O)CCC2N1. The van der Waals surface area contributed by atoms with Gasteiger partial charge in [-0.1, -0.05) is 0 Å². The van der Waals surface area contributed by atoms with E-state index in [-0.39, 0.29) is 12.2 Å². The molecule has 2 rings (SSSR count). The van der Waals surface area contributed by atoms with Gasteiger partial charge in [0.15, 0.2) is 19.7 Å². The molecule has 0 amide bonds. The number of carboxylic acid groups (broad SMARTS) is 1. The Morgan fingerprint density at radius 2 is 1.82 bits per heavy atom. The van der Waals surface area contributed by atoms with E-state index in [1.54, 1.807) is 0 Å². The van der Waals surface area contributed by atoms with Crippen molar-refractivity contribution in [2.45, 2.75) is 23.8 Å². The standard InChI is InChI=1S/C8H13NO6S2/c10-8(11)6-3-17(14,15)7-4-16(12,13)2-1-5(7)9-6/h5-7,9H,1-4H2,(H,10,11). The zero-order valence-corrected chi connectivity index (χ0v) is 10.5. The second-order valence-electron chi connectivity index (χ2n) is 4.43. The lowest BCUT2D eigenvalue weighted by Gasteiger charge is -2.38. The molecule has 0 saturated carbocycles. The predicted molar refractivity (Wildman–Crippen MR) is 59.2 cm³/mol. The topological polar surface area (TPSA) is 118 Å². The van der Waals surface area contributed by atoms with Gasteiger partial charge in [0, 0.05) is 6.04 Å². The van der Waals surface area contributed by atoms with Crippen LogP contribution in [0.15, 0.2) is 0 Å². The van der Waals surface area contributed by atoms with Gasteiger partial charge >= 0.3 is 5.97 Å². The van der Waals surface area contributed by atoms with Gasteiger partial charge < -0.3 is 5.11 Å². The Bertz CT molecular complexity index is 536. The average Bonchev–Trinajstić information content (AvgIpc) is 2.17. The van der Waals surface area contributed by atoms with E-state index in [0.29, 0.717) is 0 Å². The maximum Gasteiger partial charge on any atom is 0.321 e. The fourth-order valence-corrected chi connectivity index (χ4v) is 6.92. The number of carboxylic acids is 1. The smallest absolute Gasteiger partial charge is 0.321 e. The van der Waals surface area contributed by atoms with Crippen molar-refractivity contribution >= 4 is 25.6 Å². The highest BCUT2D eigenvalue weighted by molar-refractivity contribution is 7.95. The summed E-state index contributed by atoms with van der Waals surface area (Å²) in [6.07, 6.45) is 0.149. The fraction of sp³-hybridized carbons (Fsp3) is 0.875. The molecular formula is C8H13NO6S2. The molecule has 0 radical (unpaired) electrons. The van der Waals surface area contributed by atoms with Crippen LogP contribution >= 0.6 is 0 Å². The van der Waals surface area contributed by atoms with Gasteiger partial charge in [0.25, 0.3) is 0 Å². The molecule has 7 nitrogen and oxygen atoms in total. The van der Waals surface area contributed by atoms with Crippen LogP contribution < -0.4 is 5.32 Å². The summed E-state index contributed by atoms with van der Waals surface area (Å²) in [4.78, 5) is 10.8. The van der Waals surface area contributed by atoms with Crippen LogP contribution in [0.2, 0.25) is 0 Å². The first kappa shape index (κ1) is 12.8. The highest BCUT2D eigenvalue weighted by Crippen LogP contribution is 2.25. The Balaban J connectivity index is 2.31. The van der Waals surface area contributed by atoms with Crippen LogP contribution in [-0.4, -0.2) is 62.5 Å². The van der Waals surface area contributed by atoms with Crippen molar-refractivity contribution in [1.29, 1.82) is 0 Å². The van der Waals surface area contributed by atoms with Crippen molar-refractivity contribution < 1.29 is 26.7 Å². The molecule has 3 atom stereocenters. The van der Waals surface area contributed by atoms with Gasteiger partial charge in [0.1, 0.15) is 6.04 Å². The van der Waals surface area contributed by atoms with Gasteiger partial charge in [-0.15, -0.1) is 0 Å². The number of aliphatic carboxylic acids is 1. The lowest BCUT2D eigenvalue weighted by molar-refractivity contribution is -0.139. The molecule has 0 aromatic rings. The van der Waals surface area contributed by atoms with Crippen molar-refractivity contribution in [3.8, 4) is 0 Å². The molecule has 3 unspecified atom stereocenters. The molecule has 0 aliphatic carbocycles. The Kier molecular flexibility index (Phi) is 2.95. The molecule has 2 N–H and O–H groups in total. The van der Waals surface area contributed by atoms with Crippen LogP contribution in [0, 0.1) is 0 Å². The third kappa shape index (κ3) is 2.45. The molecule has 98 valence electrons. The number of nitrogens with one attached hydrogen (secondary N) is 1. The van der Waals surface area contributed by atoms with Crippen LogP contribution in [0.3, 0.4) is 0 Å². The van der Waals surface area contributed by atoms with Crippen LogP contribution in [0.4, 0.5) is 0 Å². The lowest BCUT2D eigenvalue weighted by Crippen LogP contribution is -2.63. The molecule has 2 aliphatic heterocycles. The van der Waals surface area contributed by atoms with E-state index in [0.717, 1.165) is 0 Å². The van der Waals surface area contributed by atoms with Crippen molar-refractivity contribution in [3.63, 3.8) is 0 Å². The van der Waals surface area contributed by atoms with Crippen molar-refractivity contribution in [3.05, 3.63) is 0 Å². The summed E-state index contributed by atoms with van der Waals surface area (Å²) in [5.41, 5.74) is 0. The van der Waals surface area contributed by atoms with Gasteiger partial charge in [0.05, 0.1) is 22.5 Å². The Morgan fingerprint density at radius 1 is 1.18 bits per heavy atom. The van der Waals surface area contributed by atoms with E-state index < -0.39 is 54.5 Å². The fourth-order valence-electron chi connectivity index (χ4n) is 2.29. The van der Waals surface area contributed by atoms with Crippen LogP contribution in [0.25, 0.3) is 0 Å². The minimum Gasteiger partial charge on any atom is -0.480 e. The second kappa shape index (κ2) is 3.92. The van der Waals surface area contributed by atoms with E-state index in [4.69, 9.17) is 5.11 Å². The number of rotatable bonds is 1. The van der Waals surface area contributed by atoms with E-state index in [1.807, 2.05) is 0 Å². The summed E-state index contributed by atoms with van der Waals surface area (Å²) < 4.78 is 46.5. The number of hydrogen-bond acceptors (Lipinski definition) is 6. The monoisotopic (exact) mass is 283 g/mol. The Labute approximate surface area is 99.0 Å². The van der Waals surface area contributed by atoms with Gasteiger partial charge in [-0.2, -0.15) is 0 Å². The molecule has 0 bridgehead atoms. The molecule has 0 aromatic heterocycles. The highest BCUT2D eigenvalue weighted by Gasteiger charge is 2.47. The molecule has 2 heterocycles. The third-order valence-corrected chi connectivity index (χ3v) is 7.33. The summed E-state index contributed by atoms with van der Waals surface area (Å²) in [6, 6.07) is -1.71. The molecule has 0 aromatic carbocycles. The first-order chi connectivity index (χ1) is 7.71. The molecule has 17 heavy (non-hydrogen) atoms. The van der Waals surface area contributed by atoms with Crippen molar-refractivity contribution in [2.75, 3.05) is 17.3 Å². The maximum atomic E-state index is 11.9. The van der Waals surface area contributed by atoms with Gasteiger partial charge in [-0.25, -0.2) is 16.8 Å². The van der Waals surface area contributed by atoms with E-state index in [1.165, 1.54) is 0 Å². The first-order valence-corrected chi connectivity index (χ1v) is 8.66. The molecule has 9 heteroatoms. The van der Waals surface area contributed by atoms with Crippen molar-refractivity contribution in [1.82, 2.24) is 5.32 Å². The molecular weight excluding hydrogens is 270 g/mol. The van der Waals surface area contributed by atoms with Gasteiger partial charge in [-0.05, 0) is 6.42 Å². The number of fused-ring (bicyclic) bond motifs is 1. The highest BCUT2D eigenvalue weighted by atomic mass is 32.2. The summed E-state index contributed by atoms with van der Waals surface area (Å²) in [7, 11) is -7.00. The average molecular weight is 283 g/mol. The van der Waals surface area contributed by atoms with E-state index in [2.05, 4.69) is 5.32 Å². The number of sulfone groups is 2. The third-order valence-electron chi connectivity index (χ3n) is 3.18. The quantitative estimate of drug-likeness (QED) is 0.572. The largest absolute Gasteiger partial charge is 0.480 e. The second-order valence-corrected chi connectivity index (χ2v) is 8.93. The maximum absolute atomic E-state index is 11.9. The summed E-state index contributed by atoms with van der Waals surface area (Å²) >= 11 is 0. The number of carbonyl (C=O) groups is 1. The summed E-state index contributed by atoms with van der Waals surface area (Å²) in [5, 5.41) is 10.5. The molecule has 2 fully saturated rings. The summed E-state index contributed by atoms with van der Waals surface area (Å²) in [6.45, 7) is 0. The normalized spacial score (nSPS) is 39.2. The Morgan fingerprint density at radius 3 is 2.41 bits per heavy atom. The Hall–Kier alpha value is -0.670. The zero-order valence-electron chi connectivity index (χ0n) is 8.87. The predicted octanol–water partition coefficient (Wildman–Crippen LogP) is -1.99. The lowest BCUT2D eigenvalue weighted by atomic mass is 10.1. The van der Waals surface area contributed by atoms with Crippen LogP contribution in [0.5, 0.6) is 0 Å².